The van der Waals surface area contributed by atoms with E-state index in [1.54, 1.807) is 0 Å². The van der Waals surface area contributed by atoms with E-state index in [2.05, 4.69) is 83.9 Å². The lowest BCUT2D eigenvalue weighted by atomic mass is 10.0. The number of hydrogen-bond acceptors (Lipinski definition) is 1. The van der Waals surface area contributed by atoms with Crippen molar-refractivity contribution in [1.82, 2.24) is 0 Å². The van der Waals surface area contributed by atoms with Gasteiger partial charge in [-0.15, -0.1) is 6.42 Å². The van der Waals surface area contributed by atoms with Gasteiger partial charge in [-0.1, -0.05) is 64.2 Å². The number of carboxylic acid groups (broad SMARTS) is 1. The third-order valence-corrected chi connectivity index (χ3v) is 4.04. The molecule has 0 fully saturated rings. The number of carboxylic acids is 1. The highest BCUT2D eigenvalue weighted by molar-refractivity contribution is 5.66. The molecule has 0 amide bonds. The van der Waals surface area contributed by atoms with Crippen molar-refractivity contribution in [2.45, 2.75) is 77.6 Å². The molecule has 30 heavy (non-hydrogen) atoms. The summed E-state index contributed by atoms with van der Waals surface area (Å²) in [6.07, 6.45) is 16.7. The average molecular weight is 397 g/mol. The van der Waals surface area contributed by atoms with Crippen LogP contribution in [0.15, 0.2) is 0 Å². The molecule has 0 aliphatic heterocycles. The molecule has 0 spiro atoms. The number of terminal acetylenes is 1. The van der Waals surface area contributed by atoms with Crippen LogP contribution < -0.4 is 0 Å². The van der Waals surface area contributed by atoms with Gasteiger partial charge in [-0.2, -0.15) is 0 Å². The Balaban J connectivity index is 3.75. The molecule has 0 aromatic heterocycles. The molecule has 0 aromatic carbocycles. The Morgan fingerprint density at radius 1 is 0.667 bits per heavy atom. The summed E-state index contributed by atoms with van der Waals surface area (Å²) in [7, 11) is 0. The Bertz CT molecular complexity index is 923. The molecule has 1 N–H and O–H groups in total. The molecule has 2 nitrogen and oxygen atoms in total. The zero-order valence-corrected chi connectivity index (χ0v) is 17.8. The molecule has 0 bridgehead atoms. The van der Waals surface area contributed by atoms with Gasteiger partial charge in [-0.05, 0) is 83.9 Å². The highest BCUT2D eigenvalue weighted by Crippen LogP contribution is 2.13. The molecule has 152 valence electrons. The summed E-state index contributed by atoms with van der Waals surface area (Å²) in [6.45, 7) is 2.12. The molecular formula is C28H28O2. The minimum absolute atomic E-state index is 0.301. The number of aliphatic carboxylic acids is 1. The largest absolute Gasteiger partial charge is 0.481 e. The fourth-order valence-corrected chi connectivity index (χ4v) is 2.51. The molecule has 0 saturated heterocycles. The summed E-state index contributed by atoms with van der Waals surface area (Å²) in [5, 5.41) is 8.57. The van der Waals surface area contributed by atoms with Gasteiger partial charge in [0.25, 0.3) is 0 Å². The van der Waals surface area contributed by atoms with Crippen LogP contribution in [0.1, 0.15) is 77.6 Å². The Labute approximate surface area is 183 Å². The van der Waals surface area contributed by atoms with Crippen LogP contribution in [0.25, 0.3) is 0 Å². The van der Waals surface area contributed by atoms with E-state index in [9.17, 15) is 4.79 Å². The van der Waals surface area contributed by atoms with Crippen molar-refractivity contribution in [2.75, 3.05) is 0 Å². The first-order valence-corrected chi connectivity index (χ1v) is 10.3. The summed E-state index contributed by atoms with van der Waals surface area (Å²) in [5.74, 6) is 33.2. The van der Waals surface area contributed by atoms with Gasteiger partial charge < -0.3 is 5.11 Å². The number of unbranched alkanes of at least 4 members (excludes halogenated alkanes) is 8. The van der Waals surface area contributed by atoms with Crippen LogP contribution in [0.5, 0.6) is 0 Å². The van der Waals surface area contributed by atoms with Gasteiger partial charge >= 0.3 is 5.97 Å². The van der Waals surface area contributed by atoms with E-state index in [0.717, 1.165) is 25.7 Å². The number of hydrogen-bond donors (Lipinski definition) is 1. The van der Waals surface area contributed by atoms with Gasteiger partial charge in [0.15, 0.2) is 0 Å². The quantitative estimate of drug-likeness (QED) is 0.385. The van der Waals surface area contributed by atoms with Crippen LogP contribution in [0.3, 0.4) is 0 Å². The second-order valence-corrected chi connectivity index (χ2v) is 6.68. The summed E-state index contributed by atoms with van der Waals surface area (Å²) < 4.78 is 0. The maximum absolute atomic E-state index is 10.4. The maximum Gasteiger partial charge on any atom is 0.303 e. The van der Waals surface area contributed by atoms with Crippen molar-refractivity contribution in [3.63, 3.8) is 0 Å². The highest BCUT2D eigenvalue weighted by atomic mass is 16.4. The second kappa shape index (κ2) is 21.7. The first kappa shape index (κ1) is 26.4. The van der Waals surface area contributed by atoms with Crippen LogP contribution in [-0.2, 0) is 4.79 Å². The third kappa shape index (κ3) is 22.4. The van der Waals surface area contributed by atoms with E-state index >= 15 is 0 Å². The van der Waals surface area contributed by atoms with Crippen molar-refractivity contribution in [1.29, 1.82) is 0 Å². The van der Waals surface area contributed by atoms with E-state index in [1.807, 2.05) is 0 Å². The van der Waals surface area contributed by atoms with Crippen LogP contribution in [0.2, 0.25) is 0 Å². The lowest BCUT2D eigenvalue weighted by Gasteiger charge is -2.04. The molecular weight excluding hydrogens is 368 g/mol. The Morgan fingerprint density at radius 2 is 1.07 bits per heavy atom. The van der Waals surface area contributed by atoms with Crippen molar-refractivity contribution in [3.05, 3.63) is 0 Å². The zero-order valence-electron chi connectivity index (χ0n) is 17.8. The fourth-order valence-electron chi connectivity index (χ4n) is 2.51. The van der Waals surface area contributed by atoms with Gasteiger partial charge in [0.2, 0.25) is 0 Å². The smallest absolute Gasteiger partial charge is 0.303 e. The molecule has 0 aromatic rings. The summed E-state index contributed by atoms with van der Waals surface area (Å²) in [5.41, 5.74) is 0. The monoisotopic (exact) mass is 396 g/mol. The third-order valence-electron chi connectivity index (χ3n) is 4.04. The predicted molar refractivity (Wildman–Crippen MR) is 123 cm³/mol. The van der Waals surface area contributed by atoms with Gasteiger partial charge in [-0.25, -0.2) is 0 Å². The van der Waals surface area contributed by atoms with Gasteiger partial charge in [0.05, 0.1) is 0 Å². The van der Waals surface area contributed by atoms with E-state index in [1.165, 1.54) is 38.5 Å². The molecule has 0 aliphatic carbocycles. The van der Waals surface area contributed by atoms with Crippen LogP contribution in [-0.4, -0.2) is 11.1 Å². The lowest BCUT2D eigenvalue weighted by Crippen LogP contribution is -1.93. The SMILES string of the molecule is C#CC#CC#CC#CC#CC#CC#CC(C)CCCCCCCCCCCC(=O)O. The molecule has 1 unspecified atom stereocenters. The molecule has 0 saturated carbocycles. The standard InChI is InChI=1S/C28H28O2/c1-3-4-5-6-7-8-9-10-12-15-18-21-24-27(2)25-22-19-16-13-11-14-17-20-23-26-28(29)30/h1,27H,11,13-14,16-17,19-20,22-23,25-26H2,2H3,(H,29,30). The van der Waals surface area contributed by atoms with E-state index in [-0.39, 0.29) is 0 Å². The molecule has 0 radical (unpaired) electrons. The first-order chi connectivity index (χ1) is 14.7. The van der Waals surface area contributed by atoms with Crippen molar-refractivity contribution < 1.29 is 9.90 Å². The minimum atomic E-state index is -0.689. The highest BCUT2D eigenvalue weighted by Gasteiger charge is 1.98. The van der Waals surface area contributed by atoms with Crippen molar-refractivity contribution in [2.24, 2.45) is 5.92 Å². The second-order valence-electron chi connectivity index (χ2n) is 6.68. The van der Waals surface area contributed by atoms with Crippen LogP contribution in [0.4, 0.5) is 0 Å². The number of carbonyl (C=O) groups is 1. The van der Waals surface area contributed by atoms with Gasteiger partial charge in [0.1, 0.15) is 0 Å². The first-order valence-electron chi connectivity index (χ1n) is 10.3. The van der Waals surface area contributed by atoms with Gasteiger partial charge in [-0.3, -0.25) is 4.79 Å². The summed E-state index contributed by atoms with van der Waals surface area (Å²) >= 11 is 0. The lowest BCUT2D eigenvalue weighted by molar-refractivity contribution is -0.137. The van der Waals surface area contributed by atoms with E-state index < -0.39 is 5.97 Å². The Kier molecular flexibility index (Phi) is 19.1. The summed E-state index contributed by atoms with van der Waals surface area (Å²) in [6, 6.07) is 0. The molecule has 1 atom stereocenters. The average Bonchev–Trinajstić information content (AvgIpc) is 2.72. The van der Waals surface area contributed by atoms with Gasteiger partial charge in [0, 0.05) is 12.3 Å². The van der Waals surface area contributed by atoms with Crippen LogP contribution >= 0.6 is 0 Å². The Hall–Kier alpha value is -3.61. The Morgan fingerprint density at radius 3 is 1.53 bits per heavy atom. The topological polar surface area (TPSA) is 37.3 Å². The molecule has 2 heteroatoms. The van der Waals surface area contributed by atoms with Crippen molar-refractivity contribution >= 4 is 5.97 Å². The summed E-state index contributed by atoms with van der Waals surface area (Å²) in [4.78, 5) is 10.4. The molecule has 0 rings (SSSR count). The number of rotatable bonds is 12. The van der Waals surface area contributed by atoms with E-state index in [0.29, 0.717) is 12.3 Å². The molecule has 0 aliphatic rings. The molecule has 0 heterocycles. The normalized spacial score (nSPS) is 8.80. The van der Waals surface area contributed by atoms with E-state index in [4.69, 9.17) is 11.5 Å². The minimum Gasteiger partial charge on any atom is -0.481 e. The fraction of sp³-hybridized carbons (Fsp3) is 0.464. The maximum atomic E-state index is 10.4. The predicted octanol–water partition coefficient (Wildman–Crippen LogP) is 4.65. The van der Waals surface area contributed by atoms with Crippen LogP contribution in [0, 0.1) is 89.3 Å². The zero-order chi connectivity index (χ0) is 22.1. The van der Waals surface area contributed by atoms with Crippen molar-refractivity contribution in [3.8, 4) is 83.4 Å².